The number of carbonyl (C=O) groups excluding carboxylic acids is 1. The first kappa shape index (κ1) is 25.1. The van der Waals surface area contributed by atoms with Crippen LogP contribution in [0.2, 0.25) is 0 Å². The molecule has 0 unspecified atom stereocenters. The zero-order chi connectivity index (χ0) is 25.9. The highest BCUT2D eigenvalue weighted by Gasteiger charge is 2.21. The number of rotatable bonds is 8. The van der Waals surface area contributed by atoms with Crippen LogP contribution in [0.1, 0.15) is 52.7 Å². The maximum atomic E-state index is 13.0. The van der Waals surface area contributed by atoms with Crippen molar-refractivity contribution >= 4 is 27.3 Å². The molecular formula is C33H36N2O2S. The number of thiophene rings is 1. The van der Waals surface area contributed by atoms with E-state index in [-0.39, 0.29) is 5.91 Å². The van der Waals surface area contributed by atoms with Gasteiger partial charge in [-0.05, 0) is 116 Å². The van der Waals surface area contributed by atoms with Gasteiger partial charge >= 0.3 is 0 Å². The van der Waals surface area contributed by atoms with Crippen molar-refractivity contribution < 1.29 is 9.53 Å². The van der Waals surface area contributed by atoms with Crippen LogP contribution >= 0.6 is 11.3 Å². The lowest BCUT2D eigenvalue weighted by Crippen LogP contribution is -2.28. The molecule has 1 aromatic heterocycles. The second-order valence-corrected chi connectivity index (χ2v) is 11.7. The van der Waals surface area contributed by atoms with Crippen molar-refractivity contribution in [2.75, 3.05) is 39.3 Å². The Balaban J connectivity index is 1.22. The lowest BCUT2D eigenvalue weighted by atomic mass is 9.96. The Bertz CT molecular complexity index is 1410. The van der Waals surface area contributed by atoms with Crippen molar-refractivity contribution in [3.63, 3.8) is 0 Å². The third-order valence-corrected chi connectivity index (χ3v) is 9.25. The van der Waals surface area contributed by atoms with Gasteiger partial charge in [-0.2, -0.15) is 0 Å². The van der Waals surface area contributed by atoms with Gasteiger partial charge in [0.25, 0.3) is 5.91 Å². The van der Waals surface area contributed by atoms with E-state index in [1.165, 1.54) is 57.6 Å². The minimum Gasteiger partial charge on any atom is -0.492 e. The first-order valence-electron chi connectivity index (χ1n) is 14.0. The van der Waals surface area contributed by atoms with Crippen LogP contribution in [-0.2, 0) is 6.42 Å². The smallest absolute Gasteiger partial charge is 0.254 e. The molecule has 1 amide bonds. The van der Waals surface area contributed by atoms with E-state index in [0.29, 0.717) is 0 Å². The van der Waals surface area contributed by atoms with Gasteiger partial charge in [0.15, 0.2) is 0 Å². The Kier molecular flexibility index (Phi) is 7.48. The predicted octanol–water partition coefficient (Wildman–Crippen LogP) is 7.18. The average molecular weight is 525 g/mol. The molecule has 0 bridgehead atoms. The minimum atomic E-state index is 0.177. The summed E-state index contributed by atoms with van der Waals surface area (Å²) in [5.74, 6) is 1.11. The number of amides is 1. The topological polar surface area (TPSA) is 32.8 Å². The third-order valence-electron chi connectivity index (χ3n) is 7.99. The van der Waals surface area contributed by atoms with Crippen LogP contribution < -0.4 is 4.74 Å². The summed E-state index contributed by atoms with van der Waals surface area (Å²) >= 11 is 1.86. The van der Waals surface area contributed by atoms with E-state index in [1.807, 2.05) is 22.3 Å². The number of carbonyl (C=O) groups is 1. The molecular weight excluding hydrogens is 488 g/mol. The number of fused-ring (bicyclic) bond motifs is 1. The number of hydrogen-bond acceptors (Lipinski definition) is 4. The van der Waals surface area contributed by atoms with Gasteiger partial charge in [0.05, 0.1) is 0 Å². The van der Waals surface area contributed by atoms with Crippen LogP contribution in [0.4, 0.5) is 0 Å². The summed E-state index contributed by atoms with van der Waals surface area (Å²) in [6.07, 6.45) is 5.69. The fraction of sp³-hybridized carbons (Fsp3) is 0.364. The summed E-state index contributed by atoms with van der Waals surface area (Å²) in [6.45, 7) is 7.98. The zero-order valence-corrected chi connectivity index (χ0v) is 23.1. The quantitative estimate of drug-likeness (QED) is 0.245. The molecule has 3 heterocycles. The van der Waals surface area contributed by atoms with Crippen molar-refractivity contribution in [3.05, 3.63) is 89.0 Å². The molecule has 0 N–H and O–H groups in total. The molecule has 4 nitrogen and oxygen atoms in total. The van der Waals surface area contributed by atoms with Gasteiger partial charge in [0.2, 0.25) is 0 Å². The second-order valence-electron chi connectivity index (χ2n) is 10.7. The van der Waals surface area contributed by atoms with Crippen molar-refractivity contribution in [1.82, 2.24) is 9.80 Å². The molecule has 0 spiro atoms. The van der Waals surface area contributed by atoms with Crippen molar-refractivity contribution in [1.29, 1.82) is 0 Å². The van der Waals surface area contributed by atoms with Gasteiger partial charge in [-0.25, -0.2) is 0 Å². The van der Waals surface area contributed by atoms with Gasteiger partial charge in [0, 0.05) is 34.8 Å². The highest BCUT2D eigenvalue weighted by molar-refractivity contribution is 7.22. The second kappa shape index (κ2) is 11.3. The standard InChI is InChI=1S/C33H36N2O2S/c1-24-22-25(10-15-28(24)33(36)35-18-6-7-19-35)23-30-29-8-2-3-9-31(29)38-32(30)26-11-13-27(14-12-26)37-21-20-34-16-4-5-17-34/h2-3,8-15,22H,4-7,16-21,23H2,1H3. The molecule has 0 atom stereocenters. The van der Waals surface area contributed by atoms with E-state index in [2.05, 4.69) is 72.5 Å². The molecule has 38 heavy (non-hydrogen) atoms. The molecule has 4 aromatic rings. The molecule has 0 aliphatic carbocycles. The molecule has 2 saturated heterocycles. The minimum absolute atomic E-state index is 0.177. The Morgan fingerprint density at radius 1 is 0.895 bits per heavy atom. The summed E-state index contributed by atoms with van der Waals surface area (Å²) < 4.78 is 7.36. The van der Waals surface area contributed by atoms with Crippen molar-refractivity contribution in [3.8, 4) is 16.2 Å². The van der Waals surface area contributed by atoms with E-state index in [0.717, 1.165) is 62.4 Å². The Labute approximate surface area is 229 Å². The zero-order valence-electron chi connectivity index (χ0n) is 22.2. The molecule has 5 heteroatoms. The Hall–Kier alpha value is -3.15. The fourth-order valence-corrected chi connectivity index (χ4v) is 7.11. The van der Waals surface area contributed by atoms with Crippen LogP contribution in [0.25, 0.3) is 20.5 Å². The molecule has 6 rings (SSSR count). The van der Waals surface area contributed by atoms with Crippen LogP contribution in [0.15, 0.2) is 66.7 Å². The van der Waals surface area contributed by atoms with Gasteiger partial charge in [-0.3, -0.25) is 9.69 Å². The van der Waals surface area contributed by atoms with E-state index in [9.17, 15) is 4.79 Å². The molecule has 0 saturated carbocycles. The van der Waals surface area contributed by atoms with Gasteiger partial charge < -0.3 is 9.64 Å². The first-order chi connectivity index (χ1) is 18.7. The normalized spacial score (nSPS) is 16.0. The van der Waals surface area contributed by atoms with E-state index in [1.54, 1.807) is 0 Å². The van der Waals surface area contributed by atoms with E-state index >= 15 is 0 Å². The van der Waals surface area contributed by atoms with Crippen molar-refractivity contribution in [2.45, 2.75) is 39.0 Å². The van der Waals surface area contributed by atoms with Crippen LogP contribution in [-0.4, -0.2) is 55.0 Å². The fourth-order valence-electron chi connectivity index (χ4n) is 5.88. The largest absolute Gasteiger partial charge is 0.492 e. The molecule has 2 aliphatic rings. The Morgan fingerprint density at radius 3 is 2.39 bits per heavy atom. The third kappa shape index (κ3) is 5.36. The average Bonchev–Trinajstić information content (AvgIpc) is 3.71. The lowest BCUT2D eigenvalue weighted by molar-refractivity contribution is 0.0792. The molecule has 0 radical (unpaired) electrons. The van der Waals surface area contributed by atoms with Gasteiger partial charge in [0.1, 0.15) is 12.4 Å². The Morgan fingerprint density at radius 2 is 1.63 bits per heavy atom. The molecule has 3 aromatic carbocycles. The first-order valence-corrected chi connectivity index (χ1v) is 14.8. The summed E-state index contributed by atoms with van der Waals surface area (Å²) in [5.41, 5.74) is 5.73. The predicted molar refractivity (Wildman–Crippen MR) is 158 cm³/mol. The number of ether oxygens (including phenoxy) is 1. The number of aryl methyl sites for hydroxylation is 1. The number of benzene rings is 3. The van der Waals surface area contributed by atoms with E-state index < -0.39 is 0 Å². The maximum Gasteiger partial charge on any atom is 0.254 e. The lowest BCUT2D eigenvalue weighted by Gasteiger charge is -2.17. The van der Waals surface area contributed by atoms with Gasteiger partial charge in [-0.15, -0.1) is 11.3 Å². The molecule has 2 fully saturated rings. The maximum absolute atomic E-state index is 13.0. The summed E-state index contributed by atoms with van der Waals surface area (Å²) in [7, 11) is 0. The van der Waals surface area contributed by atoms with Crippen LogP contribution in [0, 0.1) is 6.92 Å². The summed E-state index contributed by atoms with van der Waals surface area (Å²) in [6, 6.07) is 23.7. The number of likely N-dealkylation sites (tertiary alicyclic amines) is 2. The highest BCUT2D eigenvalue weighted by atomic mass is 32.1. The van der Waals surface area contributed by atoms with E-state index in [4.69, 9.17) is 4.74 Å². The van der Waals surface area contributed by atoms with Crippen LogP contribution in [0.5, 0.6) is 5.75 Å². The SMILES string of the molecule is Cc1cc(Cc2c(-c3ccc(OCCN4CCCC4)cc3)sc3ccccc23)ccc1C(=O)N1CCCC1. The van der Waals surface area contributed by atoms with Gasteiger partial charge in [-0.1, -0.05) is 30.3 Å². The molecule has 2 aliphatic heterocycles. The van der Waals surface area contributed by atoms with Crippen molar-refractivity contribution in [2.24, 2.45) is 0 Å². The van der Waals surface area contributed by atoms with Crippen LogP contribution in [0.3, 0.4) is 0 Å². The summed E-state index contributed by atoms with van der Waals surface area (Å²) in [4.78, 5) is 18.8. The monoisotopic (exact) mass is 524 g/mol. The molecule has 196 valence electrons. The highest BCUT2D eigenvalue weighted by Crippen LogP contribution is 2.40. The number of hydrogen-bond donors (Lipinski definition) is 0. The summed E-state index contributed by atoms with van der Waals surface area (Å²) in [5, 5.41) is 1.31. The number of nitrogens with zero attached hydrogens (tertiary/aromatic N) is 2.